The first-order valence-electron chi connectivity index (χ1n) is 10.6. The highest BCUT2D eigenvalue weighted by Crippen LogP contribution is 2.43. The van der Waals surface area contributed by atoms with E-state index < -0.39 is 11.0 Å². The molecule has 3 amide bonds. The third-order valence-electron chi connectivity index (χ3n) is 6.49. The van der Waals surface area contributed by atoms with E-state index in [-0.39, 0.29) is 46.6 Å². The van der Waals surface area contributed by atoms with Crippen LogP contribution in [-0.2, 0) is 14.4 Å². The molecule has 1 saturated carbocycles. The van der Waals surface area contributed by atoms with Crippen molar-refractivity contribution in [3.05, 3.63) is 28.3 Å². The first-order valence-corrected chi connectivity index (χ1v) is 10.6. The Bertz CT molecular complexity index is 901. The number of nitro benzene ring substituents is 1. The molecule has 4 rings (SSSR count). The van der Waals surface area contributed by atoms with Gasteiger partial charge in [-0.2, -0.15) is 0 Å². The van der Waals surface area contributed by atoms with E-state index in [0.29, 0.717) is 31.7 Å². The minimum atomic E-state index is -0.559. The van der Waals surface area contributed by atoms with Gasteiger partial charge in [-0.3, -0.25) is 24.5 Å². The van der Waals surface area contributed by atoms with Crippen LogP contribution >= 0.6 is 0 Å². The predicted molar refractivity (Wildman–Crippen MR) is 110 cm³/mol. The third-order valence-corrected chi connectivity index (χ3v) is 6.49. The normalized spacial score (nSPS) is 29.2. The van der Waals surface area contributed by atoms with Crippen LogP contribution in [0.5, 0.6) is 0 Å². The van der Waals surface area contributed by atoms with Crippen LogP contribution in [0.15, 0.2) is 18.2 Å². The smallest absolute Gasteiger partial charge is 0.294 e. The van der Waals surface area contributed by atoms with Crippen LogP contribution in [-0.4, -0.2) is 35.2 Å². The van der Waals surface area contributed by atoms with Gasteiger partial charge in [0.2, 0.25) is 17.7 Å². The van der Waals surface area contributed by atoms with Crippen LogP contribution in [0.1, 0.15) is 45.4 Å². The second kappa shape index (κ2) is 8.04. The highest BCUT2D eigenvalue weighted by molar-refractivity contribution is 6.22. The maximum absolute atomic E-state index is 12.9. The van der Waals surface area contributed by atoms with E-state index in [9.17, 15) is 24.5 Å². The van der Waals surface area contributed by atoms with E-state index >= 15 is 0 Å². The standard InChI is InChI=1S/C21H26N4O5/c1-12-5-7-14-15(10-12)21(28)24(20(14)27)13-6-8-16(18(11-13)25(29)30)23-17-4-2-3-9-22-19(17)26/h6,8,11-12,14-15,17,23H,2-5,7,9-10H2,1H3,(H,22,26)/t12-,14+,15-,17-/m1/s1. The van der Waals surface area contributed by atoms with Crippen LogP contribution in [0.2, 0.25) is 0 Å². The first-order chi connectivity index (χ1) is 14.4. The molecular weight excluding hydrogens is 388 g/mol. The average Bonchev–Trinajstić information content (AvgIpc) is 2.83. The number of carbonyl (C=O) groups excluding carboxylic acids is 3. The molecule has 9 nitrogen and oxygen atoms in total. The number of amides is 3. The van der Waals surface area contributed by atoms with Gasteiger partial charge in [-0.15, -0.1) is 0 Å². The van der Waals surface area contributed by atoms with E-state index in [1.54, 1.807) is 6.07 Å². The summed E-state index contributed by atoms with van der Waals surface area (Å²) in [5.74, 6) is -1.01. The molecule has 2 N–H and O–H groups in total. The number of hydrogen-bond donors (Lipinski definition) is 2. The molecule has 160 valence electrons. The lowest BCUT2D eigenvalue weighted by atomic mass is 9.76. The fourth-order valence-corrected chi connectivity index (χ4v) is 4.84. The molecule has 0 aromatic heterocycles. The number of carbonyl (C=O) groups is 3. The molecular formula is C21H26N4O5. The molecule has 4 atom stereocenters. The summed E-state index contributed by atoms with van der Waals surface area (Å²) in [5, 5.41) is 17.5. The van der Waals surface area contributed by atoms with Crippen LogP contribution in [0.3, 0.4) is 0 Å². The Morgan fingerprint density at radius 1 is 1.10 bits per heavy atom. The number of nitrogens with zero attached hydrogens (tertiary/aromatic N) is 2. The number of hydrogen-bond acceptors (Lipinski definition) is 6. The van der Waals surface area contributed by atoms with Crippen LogP contribution < -0.4 is 15.5 Å². The Labute approximate surface area is 174 Å². The topological polar surface area (TPSA) is 122 Å². The summed E-state index contributed by atoms with van der Waals surface area (Å²) in [6, 6.07) is 3.72. The number of fused-ring (bicyclic) bond motifs is 1. The maximum atomic E-state index is 12.9. The van der Waals surface area contributed by atoms with Crippen molar-refractivity contribution in [1.82, 2.24) is 5.32 Å². The van der Waals surface area contributed by atoms with Gasteiger partial charge in [0, 0.05) is 12.6 Å². The predicted octanol–water partition coefficient (Wildman–Crippen LogP) is 2.60. The van der Waals surface area contributed by atoms with Crippen LogP contribution in [0, 0.1) is 27.9 Å². The van der Waals surface area contributed by atoms with Gasteiger partial charge in [-0.1, -0.05) is 6.92 Å². The maximum Gasteiger partial charge on any atom is 0.294 e. The van der Waals surface area contributed by atoms with Gasteiger partial charge >= 0.3 is 0 Å². The molecule has 0 unspecified atom stereocenters. The SMILES string of the molecule is C[C@@H]1CC[C@@H]2C(=O)N(c3ccc(N[C@@H]4CCCCNC4=O)c([N+](=O)[O-])c3)C(=O)[C@@H]2C1. The molecule has 1 aromatic carbocycles. The fraction of sp³-hybridized carbons (Fsp3) is 0.571. The molecule has 3 fully saturated rings. The van der Waals surface area contributed by atoms with Gasteiger partial charge < -0.3 is 10.6 Å². The Morgan fingerprint density at radius 2 is 1.87 bits per heavy atom. The van der Waals surface area contributed by atoms with Crippen molar-refractivity contribution in [2.75, 3.05) is 16.8 Å². The molecule has 1 aromatic rings. The summed E-state index contributed by atoms with van der Waals surface area (Å²) < 4.78 is 0. The molecule has 0 spiro atoms. The lowest BCUT2D eigenvalue weighted by Gasteiger charge is -2.25. The summed E-state index contributed by atoms with van der Waals surface area (Å²) in [7, 11) is 0. The zero-order chi connectivity index (χ0) is 21.4. The molecule has 2 aliphatic heterocycles. The van der Waals surface area contributed by atoms with Gasteiger partial charge in [0.25, 0.3) is 5.69 Å². The highest BCUT2D eigenvalue weighted by atomic mass is 16.6. The summed E-state index contributed by atoms with van der Waals surface area (Å²) in [6.45, 7) is 2.67. The number of imide groups is 1. The first kappa shape index (κ1) is 20.3. The minimum Gasteiger partial charge on any atom is -0.368 e. The molecule has 30 heavy (non-hydrogen) atoms. The number of nitrogens with one attached hydrogen (secondary N) is 2. The van der Waals surface area contributed by atoms with Crippen molar-refractivity contribution in [3.63, 3.8) is 0 Å². The Kier molecular flexibility index (Phi) is 5.44. The van der Waals surface area contributed by atoms with Crippen molar-refractivity contribution in [2.24, 2.45) is 17.8 Å². The van der Waals surface area contributed by atoms with Crippen molar-refractivity contribution >= 4 is 34.8 Å². The quantitative estimate of drug-likeness (QED) is 0.444. The summed E-state index contributed by atoms with van der Waals surface area (Å²) >= 11 is 0. The molecule has 2 heterocycles. The largest absolute Gasteiger partial charge is 0.368 e. The second-order valence-electron chi connectivity index (χ2n) is 8.59. The molecule has 0 radical (unpaired) electrons. The second-order valence-corrected chi connectivity index (χ2v) is 8.59. The Morgan fingerprint density at radius 3 is 2.63 bits per heavy atom. The van der Waals surface area contributed by atoms with E-state index in [1.807, 2.05) is 0 Å². The lowest BCUT2D eigenvalue weighted by molar-refractivity contribution is -0.383. The minimum absolute atomic E-state index is 0.186. The van der Waals surface area contributed by atoms with Crippen molar-refractivity contribution < 1.29 is 19.3 Å². The van der Waals surface area contributed by atoms with Crippen molar-refractivity contribution in [2.45, 2.75) is 51.5 Å². The van der Waals surface area contributed by atoms with E-state index in [1.165, 1.54) is 12.1 Å². The van der Waals surface area contributed by atoms with Crippen molar-refractivity contribution in [3.8, 4) is 0 Å². The van der Waals surface area contributed by atoms with Gasteiger partial charge in [0.15, 0.2) is 0 Å². The Hall–Kier alpha value is -2.97. The number of rotatable bonds is 4. The van der Waals surface area contributed by atoms with Gasteiger partial charge in [-0.25, -0.2) is 4.90 Å². The van der Waals surface area contributed by atoms with Gasteiger partial charge in [0.05, 0.1) is 22.4 Å². The van der Waals surface area contributed by atoms with Crippen LogP contribution in [0.25, 0.3) is 0 Å². The zero-order valence-electron chi connectivity index (χ0n) is 16.9. The zero-order valence-corrected chi connectivity index (χ0v) is 16.9. The van der Waals surface area contributed by atoms with Gasteiger partial charge in [-0.05, 0) is 56.6 Å². The van der Waals surface area contributed by atoms with E-state index in [2.05, 4.69) is 17.6 Å². The summed E-state index contributed by atoms with van der Waals surface area (Å²) in [4.78, 5) is 50.3. The average molecular weight is 414 g/mol. The lowest BCUT2D eigenvalue weighted by Crippen LogP contribution is -2.38. The van der Waals surface area contributed by atoms with Gasteiger partial charge in [0.1, 0.15) is 11.7 Å². The van der Waals surface area contributed by atoms with E-state index in [4.69, 9.17) is 0 Å². The number of nitro groups is 1. The Balaban J connectivity index is 1.62. The third kappa shape index (κ3) is 3.64. The van der Waals surface area contributed by atoms with E-state index in [0.717, 1.165) is 24.2 Å². The summed E-state index contributed by atoms with van der Waals surface area (Å²) in [6.07, 6.45) is 4.52. The van der Waals surface area contributed by atoms with Crippen molar-refractivity contribution in [1.29, 1.82) is 0 Å². The molecule has 2 saturated heterocycles. The number of anilines is 2. The molecule has 0 bridgehead atoms. The highest BCUT2D eigenvalue weighted by Gasteiger charge is 2.50. The number of benzene rings is 1. The summed E-state index contributed by atoms with van der Waals surface area (Å²) in [5.41, 5.74) is 0.166. The van der Waals surface area contributed by atoms with Crippen LogP contribution in [0.4, 0.5) is 17.1 Å². The molecule has 9 heteroatoms. The molecule has 1 aliphatic carbocycles. The monoisotopic (exact) mass is 414 g/mol. The fourth-order valence-electron chi connectivity index (χ4n) is 4.84. The molecule has 3 aliphatic rings.